The van der Waals surface area contributed by atoms with Crippen molar-refractivity contribution in [2.75, 3.05) is 52.6 Å². The fourth-order valence-corrected chi connectivity index (χ4v) is 19.9. The number of hydrogen-bond acceptors (Lipinski definition) is 16. The van der Waals surface area contributed by atoms with Crippen LogP contribution in [0.2, 0.25) is 0 Å². The summed E-state index contributed by atoms with van der Waals surface area (Å²) in [6.07, 6.45) is 28.5. The Labute approximate surface area is 871 Å². The molecule has 17 unspecified atom stereocenters. The summed E-state index contributed by atoms with van der Waals surface area (Å²) in [5.74, 6) is 10.1. The summed E-state index contributed by atoms with van der Waals surface area (Å²) in [4.78, 5) is 122. The first-order valence-corrected chi connectivity index (χ1v) is 38.9. The van der Waals surface area contributed by atoms with Crippen molar-refractivity contribution in [3.05, 3.63) is 107 Å². The normalized spacial score (nSPS) is 28.1. The Morgan fingerprint density at radius 2 is 0.690 bits per heavy atom. The van der Waals surface area contributed by atoms with Crippen LogP contribution < -0.4 is 32.3 Å². The van der Waals surface area contributed by atoms with Crippen molar-refractivity contribution >= 4 is 64.0 Å². The Bertz CT molecular complexity index is 2600. The summed E-state index contributed by atoms with van der Waals surface area (Å²) in [5, 5.41) is 14.7. The van der Waals surface area contributed by atoms with Gasteiger partial charge in [-0.3, -0.25) is 4.79 Å². The molecule has 10 bridgehead atoms. The molecule has 12 aliphatic rings. The Hall–Kier alpha value is 1.75. The van der Waals surface area contributed by atoms with E-state index in [1.807, 2.05) is 0 Å². The van der Waals surface area contributed by atoms with E-state index in [1.165, 1.54) is 77.0 Å². The molecule has 0 aromatic carbocycles. The first kappa shape index (κ1) is 133. The van der Waals surface area contributed by atoms with Gasteiger partial charge in [-0.25, -0.2) is 38.2 Å². The second-order valence-corrected chi connectivity index (χ2v) is 32.7. The predicted octanol–water partition coefficient (Wildman–Crippen LogP) is 10.5. The van der Waals surface area contributed by atoms with Gasteiger partial charge in [0.1, 0.15) is 6.04 Å². The molecule has 4 saturated heterocycles. The smallest absolute Gasteiger partial charge is 0.242 e. The van der Waals surface area contributed by atoms with Crippen molar-refractivity contribution < 1.29 is 315 Å². The van der Waals surface area contributed by atoms with Gasteiger partial charge in [0, 0.05) is 291 Å². The number of ether oxygens (including phenoxy) is 2. The molecule has 19 nitrogen and oxygen atoms in total. The zero-order valence-electron chi connectivity index (χ0n) is 68.0. The minimum atomic E-state index is -0.704. The van der Waals surface area contributed by atoms with E-state index in [-0.39, 0.29) is 311 Å². The summed E-state index contributed by atoms with van der Waals surface area (Å²) >= 11 is 0. The van der Waals surface area contributed by atoms with Gasteiger partial charge in [0.05, 0.1) is 38.2 Å². The molecule has 662 valence electrons. The fourth-order valence-electron chi connectivity index (χ4n) is 19.9. The maximum atomic E-state index is 12.0. The maximum Gasteiger partial charge on any atom is 0.242 e. The minimum Gasteiger partial charge on any atom is -0.381 e. The topological polar surface area (TPSA) is 292 Å². The van der Waals surface area contributed by atoms with E-state index in [2.05, 4.69) is 123 Å². The molecule has 4 aliphatic heterocycles. The Morgan fingerprint density at radius 3 is 1.03 bits per heavy atom. The third-order valence-corrected chi connectivity index (χ3v) is 23.9. The minimum absolute atomic E-state index is 0. The largest absolute Gasteiger partial charge is 0.381 e. The summed E-state index contributed by atoms with van der Waals surface area (Å²) in [7, 11) is 0. The number of rotatable bonds is 34. The van der Waals surface area contributed by atoms with Gasteiger partial charge >= 0.3 is 0 Å². The van der Waals surface area contributed by atoms with Crippen LogP contribution in [0.25, 0.3) is 0 Å². The molecule has 0 aromatic rings. The molecule has 0 radical (unpaired) electrons. The van der Waals surface area contributed by atoms with Crippen LogP contribution in [-0.2, 0) is 315 Å². The quantitative estimate of drug-likeness (QED) is 0.0258. The van der Waals surface area contributed by atoms with Gasteiger partial charge in [0.2, 0.25) is 5.91 Å². The Balaban J connectivity index is -0.000000198. The number of hydrogen-bond donors (Lipinski definition) is 6. The number of carbonyl (C=O) groups excluding carboxylic acids is 11. The average Bonchev–Trinajstić information content (AvgIpc) is 1.80. The van der Waals surface area contributed by atoms with Crippen LogP contribution in [-0.4, -0.2) is 141 Å². The number of fused-ring (bicyclic) bond motifs is 13. The zero-order valence-corrected chi connectivity index (χ0v) is 103. The van der Waals surface area contributed by atoms with E-state index in [1.54, 1.807) is 0 Å². The number of amides is 3. The van der Waals surface area contributed by atoms with Crippen molar-refractivity contribution in [2.24, 2.45) is 106 Å². The standard InChI is InChI=1S/C16H24O2.C15H28N4O5.C15H22O.C14H21NO.C13H18O2.C12H17NO2.12W/c1-11(17)5-15-7-13-3-4-14(8-15)10-16(9-13)6-12(2)18;1-12(20)17-6-3-4-14(19-13(2)21)15(22)18-7-9-24-11-10-23-8-5-16;1-10(2)6-14-8-13-5-4-12(14)9-15(13)7-11(3)16;1-9(2)4-12-6-13-8-15-14(12)7-11(13)5-10(3)16;1-8(14)3-10-5-13-7-12(10)6-11(13)4-9(2)15;1-7(14)3-9-5-12-10(4-8(2)15)6-11(9)13-12;;;;;;;;;;;;/h13-16H,1-10H2;14H,1-11,16H2,(H,17,20)(H,18,22)(H,19,21);12-15H,1-9H2;11-15H,1-8H2;10-13H,1-7H2;9-13H,1-6H2;;;;;;;;;;;;/q6*-2;;;;;;;;;;;;. The molecule has 4 heterocycles. The molecule has 12 rings (SSSR count). The third-order valence-electron chi connectivity index (χ3n) is 23.9. The fraction of sp³-hybridized carbons (Fsp3) is 0.682. The second kappa shape index (κ2) is 71.7. The molecular formula is C85H130N6O13W12-12. The summed E-state index contributed by atoms with van der Waals surface area (Å²) < 4.78 is 10.4. The molecule has 8 aliphatic carbocycles. The SMILES string of the molecule is C=C([CH2-])CC1CC2CCC1CC2CC([CH2-])=O.C=C([CH2-])CC1CC2CNC1CC2CC([CH2-])=O.[CH2-]C(=O)CC1CC2CC1CC2CC([CH2-])=O.[CH2-]C(=O)CC1CC2CCC(C1)CC(CC([CH2-])=O)C2.[CH2-]C(=O)CC1CC2NC1CC2CC([CH2-])=O.[CH2-]C(=O)NCCCC(NC([CH2-])=O)C(=O)NCCOCCOCCN.[W].[W].[W].[W].[W].[W].[W].[W].[W].[W].[W].[W]. The summed E-state index contributed by atoms with van der Waals surface area (Å²) in [6.45, 7) is 53.8. The van der Waals surface area contributed by atoms with Crippen LogP contribution in [0.15, 0.2) is 24.3 Å². The molecule has 31 heteroatoms. The van der Waals surface area contributed by atoms with Gasteiger partial charge < -0.3 is 159 Å². The van der Waals surface area contributed by atoms with E-state index in [4.69, 9.17) is 15.2 Å². The second-order valence-electron chi connectivity index (χ2n) is 32.7. The molecule has 0 spiro atoms. The number of carbonyl (C=O) groups is 11. The Morgan fingerprint density at radius 1 is 0.353 bits per heavy atom. The summed E-state index contributed by atoms with van der Waals surface area (Å²) in [5.41, 5.74) is 7.38. The molecule has 116 heavy (non-hydrogen) atoms. The van der Waals surface area contributed by atoms with Gasteiger partial charge in [-0.2, -0.15) is 0 Å². The molecule has 0 aromatic heterocycles. The van der Waals surface area contributed by atoms with Crippen LogP contribution in [0.4, 0.5) is 0 Å². The van der Waals surface area contributed by atoms with E-state index < -0.39 is 11.9 Å². The molecule has 8 saturated carbocycles. The molecule has 7 N–H and O–H groups in total. The van der Waals surface area contributed by atoms with E-state index in [9.17, 15) is 52.7 Å². The van der Waals surface area contributed by atoms with Gasteiger partial charge in [0.15, 0.2) is 0 Å². The van der Waals surface area contributed by atoms with E-state index >= 15 is 0 Å². The van der Waals surface area contributed by atoms with Gasteiger partial charge in [0.25, 0.3) is 0 Å². The van der Waals surface area contributed by atoms with Crippen molar-refractivity contribution in [3.63, 3.8) is 0 Å². The maximum absolute atomic E-state index is 12.0. The van der Waals surface area contributed by atoms with E-state index in [0.717, 1.165) is 80.4 Å². The summed E-state index contributed by atoms with van der Waals surface area (Å²) in [6, 6.07) is 0.701. The number of ketones is 8. The van der Waals surface area contributed by atoms with Crippen LogP contribution in [0.5, 0.6) is 0 Å². The number of Topliss-reactive ketones (excluding diaryl/α,β-unsaturated/α-hetero) is 8. The van der Waals surface area contributed by atoms with E-state index in [0.29, 0.717) is 211 Å². The van der Waals surface area contributed by atoms with Gasteiger partial charge in [-0.15, -0.1) is 0 Å². The number of allylic oxidation sites excluding steroid dienone is 2. The molecular weight excluding hydrogens is 3520 g/mol. The number of nitrogens with two attached hydrogens (primary N) is 1. The molecule has 17 atom stereocenters. The van der Waals surface area contributed by atoms with Crippen LogP contribution in [0.3, 0.4) is 0 Å². The van der Waals surface area contributed by atoms with Crippen LogP contribution >= 0.6 is 0 Å². The Kier molecular flexibility index (Phi) is 82.3. The van der Waals surface area contributed by atoms with Gasteiger partial charge in [-0.05, 0) is 314 Å². The average molecular weight is 3650 g/mol. The number of nitrogens with one attached hydrogen (secondary N) is 5. The third kappa shape index (κ3) is 52.9. The first-order chi connectivity index (χ1) is 49.2. The molecule has 3 amide bonds. The van der Waals surface area contributed by atoms with Gasteiger partial charge in [-0.1, -0.05) is 25.7 Å². The number of piperidine rings is 2. The van der Waals surface area contributed by atoms with Crippen LogP contribution in [0.1, 0.15) is 186 Å². The van der Waals surface area contributed by atoms with Crippen molar-refractivity contribution in [3.8, 4) is 0 Å². The first-order valence-electron chi connectivity index (χ1n) is 38.9. The van der Waals surface area contributed by atoms with Crippen molar-refractivity contribution in [1.82, 2.24) is 26.6 Å². The molecule has 12 fully saturated rings. The van der Waals surface area contributed by atoms with Crippen molar-refractivity contribution in [2.45, 2.75) is 210 Å². The monoisotopic (exact) mass is 3650 g/mol. The zero-order chi connectivity index (χ0) is 76.7. The predicted molar refractivity (Wildman–Crippen MR) is 407 cm³/mol. The van der Waals surface area contributed by atoms with Crippen LogP contribution in [0, 0.1) is 184 Å². The van der Waals surface area contributed by atoms with Crippen molar-refractivity contribution in [1.29, 1.82) is 0 Å².